The molecule has 1 aliphatic rings. The molecule has 0 spiro atoms. The van der Waals surface area contributed by atoms with E-state index in [-0.39, 0.29) is 0 Å². The molecule has 0 aromatic carbocycles. The van der Waals surface area contributed by atoms with Crippen LogP contribution in [-0.4, -0.2) is 33.8 Å². The normalized spacial score (nSPS) is 24.0. The van der Waals surface area contributed by atoms with E-state index in [9.17, 15) is 0 Å². The Kier molecular flexibility index (Phi) is 5.21. The molecule has 1 aromatic heterocycles. The minimum Gasteiger partial charge on any atom is -0.372 e. The first-order valence-corrected chi connectivity index (χ1v) is 9.01. The first-order valence-electron chi connectivity index (χ1n) is 6.12. The first-order chi connectivity index (χ1) is 8.67. The van der Waals surface area contributed by atoms with Crippen LogP contribution in [0.1, 0.15) is 30.1 Å². The van der Waals surface area contributed by atoms with Gasteiger partial charge < -0.3 is 5.32 Å². The van der Waals surface area contributed by atoms with Gasteiger partial charge in [0, 0.05) is 23.8 Å². The minimum absolute atomic E-state index is 0.424. The molecule has 18 heavy (non-hydrogen) atoms. The van der Waals surface area contributed by atoms with Crippen molar-refractivity contribution in [2.45, 2.75) is 30.8 Å². The van der Waals surface area contributed by atoms with Crippen LogP contribution in [0.25, 0.3) is 0 Å². The smallest absolute Gasteiger partial charge is 0.145 e. The van der Waals surface area contributed by atoms with Crippen molar-refractivity contribution in [2.24, 2.45) is 0 Å². The zero-order chi connectivity index (χ0) is 13.1. The largest absolute Gasteiger partial charge is 0.372 e. The summed E-state index contributed by atoms with van der Waals surface area (Å²) in [5, 5.41) is 4.19. The molecule has 100 valence electrons. The molecule has 2 atom stereocenters. The highest BCUT2D eigenvalue weighted by molar-refractivity contribution is 9.10. The molecule has 6 heteroatoms. The van der Waals surface area contributed by atoms with Crippen LogP contribution in [0.2, 0.25) is 0 Å². The summed E-state index contributed by atoms with van der Waals surface area (Å²) in [5.74, 6) is 4.31. The average molecular weight is 348 g/mol. The van der Waals surface area contributed by atoms with Gasteiger partial charge in [0.15, 0.2) is 0 Å². The number of nitrogens with zero attached hydrogens (tertiary/aromatic N) is 2. The summed E-state index contributed by atoms with van der Waals surface area (Å²) >= 11 is 7.58. The molecule has 1 aliphatic heterocycles. The molecular weight excluding hydrogens is 330 g/mol. The van der Waals surface area contributed by atoms with Gasteiger partial charge in [-0.15, -0.1) is 11.8 Å². The van der Waals surface area contributed by atoms with Crippen LogP contribution in [0.4, 0.5) is 5.82 Å². The van der Waals surface area contributed by atoms with E-state index in [4.69, 9.17) is 0 Å². The van der Waals surface area contributed by atoms with Crippen molar-refractivity contribution in [1.29, 1.82) is 0 Å². The van der Waals surface area contributed by atoms with Gasteiger partial charge in [0.25, 0.3) is 0 Å². The Morgan fingerprint density at radius 2 is 2.06 bits per heavy atom. The van der Waals surface area contributed by atoms with Crippen LogP contribution in [0.15, 0.2) is 4.47 Å². The van der Waals surface area contributed by atoms with E-state index < -0.39 is 0 Å². The topological polar surface area (TPSA) is 37.8 Å². The summed E-state index contributed by atoms with van der Waals surface area (Å²) in [6.45, 7) is 4.28. The lowest BCUT2D eigenvalue weighted by Gasteiger charge is -2.29. The van der Waals surface area contributed by atoms with E-state index in [1.54, 1.807) is 0 Å². The Bertz CT molecular complexity index is 428. The molecule has 1 saturated heterocycles. The van der Waals surface area contributed by atoms with E-state index in [0.29, 0.717) is 10.5 Å². The van der Waals surface area contributed by atoms with E-state index >= 15 is 0 Å². The van der Waals surface area contributed by atoms with Crippen LogP contribution in [0.5, 0.6) is 0 Å². The Hall–Kier alpha value is 0.0600. The average Bonchev–Trinajstić information content (AvgIpc) is 2.41. The zero-order valence-corrected chi connectivity index (χ0v) is 14.1. The number of hydrogen-bond acceptors (Lipinski definition) is 5. The lowest BCUT2D eigenvalue weighted by molar-refractivity contribution is 0.745. The SMILES string of the molecule is CCC1SCCSC1c1nc(C)c(Br)c(NC)n1. The molecule has 0 aliphatic carbocycles. The lowest BCUT2D eigenvalue weighted by Crippen LogP contribution is -2.21. The predicted molar refractivity (Wildman–Crippen MR) is 85.8 cm³/mol. The van der Waals surface area contributed by atoms with Gasteiger partial charge in [-0.05, 0) is 29.3 Å². The molecule has 0 amide bonds. The third-order valence-corrected chi connectivity index (χ3v) is 7.17. The van der Waals surface area contributed by atoms with Gasteiger partial charge in [-0.1, -0.05) is 6.92 Å². The van der Waals surface area contributed by atoms with Crippen molar-refractivity contribution >= 4 is 45.3 Å². The monoisotopic (exact) mass is 347 g/mol. The molecular formula is C12H18BrN3S2. The summed E-state index contributed by atoms with van der Waals surface area (Å²) in [6.07, 6.45) is 1.18. The number of aromatic nitrogens is 2. The maximum Gasteiger partial charge on any atom is 0.145 e. The maximum atomic E-state index is 4.67. The van der Waals surface area contributed by atoms with Crippen LogP contribution in [0.3, 0.4) is 0 Å². The highest BCUT2D eigenvalue weighted by atomic mass is 79.9. The maximum absolute atomic E-state index is 4.67. The molecule has 3 nitrogen and oxygen atoms in total. The predicted octanol–water partition coefficient (Wildman–Crippen LogP) is 3.89. The number of thioether (sulfide) groups is 2. The van der Waals surface area contributed by atoms with E-state index in [1.807, 2.05) is 25.7 Å². The molecule has 2 heterocycles. The van der Waals surface area contributed by atoms with E-state index in [1.165, 1.54) is 17.9 Å². The molecule has 0 radical (unpaired) electrons. The molecule has 0 bridgehead atoms. The molecule has 1 fully saturated rings. The van der Waals surface area contributed by atoms with Crippen LogP contribution in [-0.2, 0) is 0 Å². The van der Waals surface area contributed by atoms with Crippen molar-refractivity contribution < 1.29 is 0 Å². The minimum atomic E-state index is 0.424. The third kappa shape index (κ3) is 2.96. The van der Waals surface area contributed by atoms with Crippen LogP contribution >= 0.6 is 39.5 Å². The van der Waals surface area contributed by atoms with E-state index in [0.717, 1.165) is 21.8 Å². The van der Waals surface area contributed by atoms with Crippen molar-refractivity contribution in [1.82, 2.24) is 9.97 Å². The standard InChI is InChI=1S/C12H18BrN3S2/c1-4-8-10(18-6-5-17-8)12-15-7(2)9(13)11(14-3)16-12/h8,10H,4-6H2,1-3H3,(H,14,15,16). The highest BCUT2D eigenvalue weighted by Gasteiger charge is 2.29. The fraction of sp³-hybridized carbons (Fsp3) is 0.667. The van der Waals surface area contributed by atoms with Crippen LogP contribution < -0.4 is 5.32 Å². The highest BCUT2D eigenvalue weighted by Crippen LogP contribution is 2.43. The number of anilines is 1. The third-order valence-electron chi connectivity index (χ3n) is 2.98. The fourth-order valence-electron chi connectivity index (χ4n) is 2.02. The van der Waals surface area contributed by atoms with Gasteiger partial charge in [0.1, 0.15) is 11.6 Å². The van der Waals surface area contributed by atoms with Crippen molar-refractivity contribution in [3.05, 3.63) is 16.0 Å². The van der Waals surface area contributed by atoms with Gasteiger partial charge in [-0.2, -0.15) is 11.8 Å². The fourth-order valence-corrected chi connectivity index (χ4v) is 5.38. The molecule has 2 unspecified atom stereocenters. The lowest BCUT2D eigenvalue weighted by atomic mass is 10.2. The second-order valence-electron chi connectivity index (χ2n) is 4.19. The second kappa shape index (κ2) is 6.48. The van der Waals surface area contributed by atoms with Crippen molar-refractivity contribution in [3.63, 3.8) is 0 Å². The first kappa shape index (κ1) is 14.5. The summed E-state index contributed by atoms with van der Waals surface area (Å²) in [4.78, 5) is 9.34. The molecule has 2 rings (SSSR count). The van der Waals surface area contributed by atoms with Gasteiger partial charge >= 0.3 is 0 Å². The number of rotatable bonds is 3. The molecule has 1 N–H and O–H groups in total. The Morgan fingerprint density at radius 3 is 2.72 bits per heavy atom. The quantitative estimate of drug-likeness (QED) is 0.897. The molecule has 0 saturated carbocycles. The van der Waals surface area contributed by atoms with Crippen molar-refractivity contribution in [2.75, 3.05) is 23.9 Å². The summed E-state index contributed by atoms with van der Waals surface area (Å²) in [7, 11) is 1.90. The zero-order valence-electron chi connectivity index (χ0n) is 10.9. The van der Waals surface area contributed by atoms with E-state index in [2.05, 4.69) is 49.9 Å². The van der Waals surface area contributed by atoms with Gasteiger partial charge in [-0.25, -0.2) is 9.97 Å². The Morgan fingerprint density at radius 1 is 1.33 bits per heavy atom. The number of aryl methyl sites for hydroxylation is 1. The summed E-state index contributed by atoms with van der Waals surface area (Å²) < 4.78 is 0.968. The van der Waals surface area contributed by atoms with Crippen LogP contribution in [0, 0.1) is 6.92 Å². The second-order valence-corrected chi connectivity index (χ2v) is 7.58. The van der Waals surface area contributed by atoms with Gasteiger partial charge in [0.05, 0.1) is 15.4 Å². The van der Waals surface area contributed by atoms with Crippen molar-refractivity contribution in [3.8, 4) is 0 Å². The number of halogens is 1. The summed E-state index contributed by atoms with van der Waals surface area (Å²) in [6, 6.07) is 0. The Balaban J connectivity index is 2.34. The number of nitrogens with one attached hydrogen (secondary N) is 1. The Labute approximate surface area is 125 Å². The number of hydrogen-bond donors (Lipinski definition) is 1. The van der Waals surface area contributed by atoms with Gasteiger partial charge in [-0.3, -0.25) is 0 Å². The van der Waals surface area contributed by atoms with Gasteiger partial charge in [0.2, 0.25) is 0 Å². The summed E-state index contributed by atoms with van der Waals surface area (Å²) in [5.41, 5.74) is 1.01. The molecule has 1 aromatic rings.